The maximum Gasteiger partial charge on any atom is 0.410 e. The van der Waals surface area contributed by atoms with Crippen molar-refractivity contribution in [3.63, 3.8) is 0 Å². The molecule has 0 radical (unpaired) electrons. The quantitative estimate of drug-likeness (QED) is 0.169. The van der Waals surface area contributed by atoms with Crippen molar-refractivity contribution in [3.8, 4) is 22.4 Å². The molecule has 0 spiro atoms. The number of nitrogens with zero attached hydrogens (tertiary/aromatic N) is 2. The van der Waals surface area contributed by atoms with Crippen molar-refractivity contribution in [1.29, 1.82) is 0 Å². The molecule has 3 amide bonds. The van der Waals surface area contributed by atoms with Crippen LogP contribution >= 0.6 is 0 Å². The molecule has 0 bridgehead atoms. The average molecular weight is 717 g/mol. The van der Waals surface area contributed by atoms with Crippen LogP contribution in [0.3, 0.4) is 0 Å². The zero-order chi connectivity index (χ0) is 37.6. The third kappa shape index (κ3) is 9.25. The van der Waals surface area contributed by atoms with Crippen molar-refractivity contribution in [2.75, 3.05) is 12.4 Å². The third-order valence-electron chi connectivity index (χ3n) is 10.8. The predicted octanol–water partition coefficient (Wildman–Crippen LogP) is 9.72. The van der Waals surface area contributed by atoms with E-state index in [0.29, 0.717) is 5.69 Å². The lowest BCUT2D eigenvalue weighted by molar-refractivity contribution is -0.121. The summed E-state index contributed by atoms with van der Waals surface area (Å²) in [6, 6.07) is 30.1. The summed E-state index contributed by atoms with van der Waals surface area (Å²) in [5.74, 6) is -0.0276. The molecular weight excluding hydrogens is 665 g/mol. The molecule has 2 aliphatic rings. The number of hydrogen-bond acceptors (Lipinski definition) is 6. The summed E-state index contributed by atoms with van der Waals surface area (Å²) >= 11 is 0. The molecular formula is C44H52N4O5. The summed E-state index contributed by atoms with van der Waals surface area (Å²) < 4.78 is 11.1. The molecule has 1 heterocycles. The second-order valence-corrected chi connectivity index (χ2v) is 15.6. The van der Waals surface area contributed by atoms with E-state index < -0.39 is 17.2 Å². The number of carbonyl (C=O) groups is 3. The minimum Gasteiger partial charge on any atom is -0.445 e. The fraction of sp³-hybridized carbons (Fsp3) is 0.409. The number of aromatic nitrogens is 1. The second kappa shape index (κ2) is 16.2. The third-order valence-corrected chi connectivity index (χ3v) is 10.8. The molecule has 53 heavy (non-hydrogen) atoms. The van der Waals surface area contributed by atoms with Crippen LogP contribution in [0.4, 0.5) is 15.3 Å². The van der Waals surface area contributed by atoms with Gasteiger partial charge < -0.3 is 25.0 Å². The molecule has 2 saturated carbocycles. The van der Waals surface area contributed by atoms with E-state index in [0.717, 1.165) is 78.5 Å². The van der Waals surface area contributed by atoms with Gasteiger partial charge in [-0.2, -0.15) is 0 Å². The number of rotatable bonds is 10. The molecule has 9 heteroatoms. The van der Waals surface area contributed by atoms with Crippen LogP contribution < -0.4 is 10.6 Å². The van der Waals surface area contributed by atoms with E-state index in [4.69, 9.17) is 14.5 Å². The molecule has 3 aromatic carbocycles. The van der Waals surface area contributed by atoms with Crippen molar-refractivity contribution in [3.05, 3.63) is 108 Å². The van der Waals surface area contributed by atoms with E-state index in [9.17, 15) is 14.4 Å². The first kappa shape index (κ1) is 37.6. The van der Waals surface area contributed by atoms with Gasteiger partial charge in [-0.05, 0) is 94.4 Å². The van der Waals surface area contributed by atoms with Crippen LogP contribution in [-0.4, -0.2) is 46.7 Å². The largest absolute Gasteiger partial charge is 0.445 e. The van der Waals surface area contributed by atoms with E-state index in [1.54, 1.807) is 18.1 Å². The first-order valence-corrected chi connectivity index (χ1v) is 18.8. The lowest BCUT2D eigenvalue weighted by Crippen LogP contribution is -2.52. The molecule has 278 valence electrons. The molecule has 1 unspecified atom stereocenters. The van der Waals surface area contributed by atoms with Crippen molar-refractivity contribution < 1.29 is 23.9 Å². The van der Waals surface area contributed by atoms with Crippen molar-refractivity contribution in [2.24, 2.45) is 11.8 Å². The lowest BCUT2D eigenvalue weighted by atomic mass is 9.71. The fourth-order valence-electron chi connectivity index (χ4n) is 7.49. The molecule has 4 aromatic rings. The standard InChI is InChI=1S/C44H52N4O5/c1-30(32-19-23-37(24-20-32)48(5)42(51)52-29-31-13-8-6-9-14-31)40(49)46-36-27-38(33-15-10-7-11-16-33)39(45-28-36)34-17-21-35(22-18-34)44(25-12-26-44)47-41(50)53-43(2,3)4/h6-11,13-18,21-22,27-28,30,32,37H,12,19-20,23-26,29H2,1-5H3,(H,46,49)(H,47,50). The smallest absolute Gasteiger partial charge is 0.410 e. The summed E-state index contributed by atoms with van der Waals surface area (Å²) in [5, 5.41) is 6.29. The Morgan fingerprint density at radius 3 is 2.13 bits per heavy atom. The fourth-order valence-corrected chi connectivity index (χ4v) is 7.49. The predicted molar refractivity (Wildman–Crippen MR) is 208 cm³/mol. The van der Waals surface area contributed by atoms with E-state index >= 15 is 0 Å². The molecule has 6 rings (SSSR count). The number of pyridine rings is 1. The molecule has 1 atom stereocenters. The highest BCUT2D eigenvalue weighted by Gasteiger charge is 2.41. The number of alkyl carbamates (subject to hydrolysis) is 1. The van der Waals surface area contributed by atoms with Gasteiger partial charge in [0.2, 0.25) is 5.91 Å². The van der Waals surface area contributed by atoms with Crippen molar-refractivity contribution in [1.82, 2.24) is 15.2 Å². The maximum absolute atomic E-state index is 13.6. The Bertz CT molecular complexity index is 1860. The normalized spacial score (nSPS) is 18.5. The number of amides is 3. The highest BCUT2D eigenvalue weighted by atomic mass is 16.6. The van der Waals surface area contributed by atoms with Gasteiger partial charge in [0.05, 0.1) is 23.1 Å². The van der Waals surface area contributed by atoms with Gasteiger partial charge in [-0.1, -0.05) is 91.9 Å². The van der Waals surface area contributed by atoms with E-state index in [1.165, 1.54) is 0 Å². The van der Waals surface area contributed by atoms with Gasteiger partial charge in [0.25, 0.3) is 0 Å². The van der Waals surface area contributed by atoms with Crippen LogP contribution in [-0.2, 0) is 26.4 Å². The van der Waals surface area contributed by atoms with Crippen LogP contribution in [0.2, 0.25) is 0 Å². The number of nitrogens with one attached hydrogen (secondary N) is 2. The van der Waals surface area contributed by atoms with Crippen molar-refractivity contribution in [2.45, 2.75) is 96.4 Å². The maximum atomic E-state index is 13.6. The molecule has 2 aliphatic carbocycles. The Kier molecular flexibility index (Phi) is 11.5. The number of benzene rings is 3. The van der Waals surface area contributed by atoms with Crippen LogP contribution in [0.25, 0.3) is 22.4 Å². The number of hydrogen-bond donors (Lipinski definition) is 2. The van der Waals surface area contributed by atoms with E-state index in [2.05, 4.69) is 34.9 Å². The van der Waals surface area contributed by atoms with E-state index in [1.807, 2.05) is 94.4 Å². The summed E-state index contributed by atoms with van der Waals surface area (Å²) in [6.45, 7) is 7.84. The van der Waals surface area contributed by atoms with E-state index in [-0.39, 0.29) is 36.5 Å². The first-order chi connectivity index (χ1) is 25.4. The van der Waals surface area contributed by atoms with Crippen molar-refractivity contribution >= 4 is 23.8 Å². The van der Waals surface area contributed by atoms with Crippen LogP contribution in [0.1, 0.15) is 83.8 Å². The summed E-state index contributed by atoms with van der Waals surface area (Å²) in [5.41, 5.74) is 5.29. The zero-order valence-corrected chi connectivity index (χ0v) is 31.6. The Hall–Kier alpha value is -5.18. The average Bonchev–Trinajstić information content (AvgIpc) is 3.15. The molecule has 2 fully saturated rings. The minimum atomic E-state index is -0.569. The summed E-state index contributed by atoms with van der Waals surface area (Å²) in [7, 11) is 1.80. The van der Waals surface area contributed by atoms with Gasteiger partial charge in [-0.25, -0.2) is 9.59 Å². The topological polar surface area (TPSA) is 110 Å². The zero-order valence-electron chi connectivity index (χ0n) is 31.6. The van der Waals surface area contributed by atoms with Gasteiger partial charge >= 0.3 is 12.2 Å². The minimum absolute atomic E-state index is 0.0368. The van der Waals surface area contributed by atoms with Gasteiger partial charge in [0.1, 0.15) is 12.2 Å². The molecule has 9 nitrogen and oxygen atoms in total. The molecule has 0 saturated heterocycles. The van der Waals surface area contributed by atoms with Gasteiger partial charge in [0, 0.05) is 30.1 Å². The molecule has 1 aromatic heterocycles. The SMILES string of the molecule is CC(C(=O)Nc1cnc(-c2ccc(C3(NC(=O)OC(C)(C)C)CCC3)cc2)c(-c2ccccc2)c1)C1CCC(N(C)C(=O)OCc2ccccc2)CC1. The Morgan fingerprint density at radius 2 is 1.53 bits per heavy atom. The summed E-state index contributed by atoms with van der Waals surface area (Å²) in [4.78, 5) is 45.7. The number of carbonyl (C=O) groups excluding carboxylic acids is 3. The van der Waals surface area contributed by atoms with Gasteiger partial charge in [0.15, 0.2) is 0 Å². The monoisotopic (exact) mass is 716 g/mol. The first-order valence-electron chi connectivity index (χ1n) is 18.8. The number of ether oxygens (including phenoxy) is 2. The number of anilines is 1. The molecule has 2 N–H and O–H groups in total. The van der Waals surface area contributed by atoms with Gasteiger partial charge in [-0.3, -0.25) is 9.78 Å². The van der Waals surface area contributed by atoms with Crippen LogP contribution in [0.15, 0.2) is 97.2 Å². The second-order valence-electron chi connectivity index (χ2n) is 15.6. The highest BCUT2D eigenvalue weighted by molar-refractivity contribution is 5.94. The van der Waals surface area contributed by atoms with Crippen LogP contribution in [0.5, 0.6) is 0 Å². The Labute approximate surface area is 313 Å². The van der Waals surface area contributed by atoms with Crippen LogP contribution in [0, 0.1) is 11.8 Å². The highest BCUT2D eigenvalue weighted by Crippen LogP contribution is 2.43. The Balaban J connectivity index is 1.10. The lowest BCUT2D eigenvalue weighted by Gasteiger charge is -2.43. The Morgan fingerprint density at radius 1 is 0.887 bits per heavy atom. The summed E-state index contributed by atoms with van der Waals surface area (Å²) in [6.07, 6.45) is 7.11. The van der Waals surface area contributed by atoms with Gasteiger partial charge in [-0.15, -0.1) is 0 Å². The molecule has 0 aliphatic heterocycles.